The van der Waals surface area contributed by atoms with E-state index in [1.807, 2.05) is 20.8 Å². The van der Waals surface area contributed by atoms with Gasteiger partial charge in [-0.25, -0.2) is 8.78 Å². The lowest BCUT2D eigenvalue weighted by molar-refractivity contribution is -0.0462. The van der Waals surface area contributed by atoms with Crippen LogP contribution in [0.15, 0.2) is 6.07 Å². The first kappa shape index (κ1) is 15.6. The second-order valence-electron chi connectivity index (χ2n) is 4.62. The average molecular weight is 275 g/mol. The SMILES string of the molecule is CCn1nc(C(C)C)cc1C(=O)NCC(F)(F)CO. The lowest BCUT2D eigenvalue weighted by atomic mass is 10.1. The number of amides is 1. The number of halogens is 2. The normalized spacial score (nSPS) is 11.9. The molecular formula is C12H19F2N3O2. The molecule has 1 heterocycles. The van der Waals surface area contributed by atoms with Gasteiger partial charge in [-0.05, 0) is 18.9 Å². The fourth-order valence-electron chi connectivity index (χ4n) is 1.50. The van der Waals surface area contributed by atoms with Gasteiger partial charge in [-0.3, -0.25) is 9.48 Å². The van der Waals surface area contributed by atoms with E-state index < -0.39 is 25.0 Å². The van der Waals surface area contributed by atoms with E-state index >= 15 is 0 Å². The maximum atomic E-state index is 12.9. The van der Waals surface area contributed by atoms with Crippen LogP contribution in [0.25, 0.3) is 0 Å². The summed E-state index contributed by atoms with van der Waals surface area (Å²) in [6.07, 6.45) is 0. The van der Waals surface area contributed by atoms with E-state index in [0.717, 1.165) is 5.69 Å². The van der Waals surface area contributed by atoms with Crippen molar-refractivity contribution in [1.82, 2.24) is 15.1 Å². The molecule has 19 heavy (non-hydrogen) atoms. The summed E-state index contributed by atoms with van der Waals surface area (Å²) in [5.41, 5.74) is 0.987. The number of carbonyl (C=O) groups excluding carboxylic acids is 1. The van der Waals surface area contributed by atoms with Crippen molar-refractivity contribution in [1.29, 1.82) is 0 Å². The lowest BCUT2D eigenvalue weighted by Crippen LogP contribution is -2.39. The zero-order chi connectivity index (χ0) is 14.6. The molecule has 7 heteroatoms. The minimum atomic E-state index is -3.31. The van der Waals surface area contributed by atoms with E-state index in [0.29, 0.717) is 6.54 Å². The molecule has 0 saturated carbocycles. The predicted octanol–water partition coefficient (Wildman–Crippen LogP) is 1.38. The van der Waals surface area contributed by atoms with Crippen LogP contribution in [0.4, 0.5) is 8.78 Å². The summed E-state index contributed by atoms with van der Waals surface area (Å²) >= 11 is 0. The second-order valence-corrected chi connectivity index (χ2v) is 4.62. The third-order valence-corrected chi connectivity index (χ3v) is 2.66. The molecule has 0 saturated heterocycles. The molecule has 0 aliphatic rings. The van der Waals surface area contributed by atoms with E-state index in [4.69, 9.17) is 5.11 Å². The first-order valence-electron chi connectivity index (χ1n) is 6.15. The Kier molecular flexibility index (Phi) is 4.99. The number of aromatic nitrogens is 2. The van der Waals surface area contributed by atoms with Crippen LogP contribution < -0.4 is 5.32 Å². The fourth-order valence-corrected chi connectivity index (χ4v) is 1.50. The Balaban J connectivity index is 2.81. The van der Waals surface area contributed by atoms with Crippen LogP contribution in [-0.2, 0) is 6.54 Å². The minimum absolute atomic E-state index is 0.151. The van der Waals surface area contributed by atoms with Gasteiger partial charge in [0, 0.05) is 6.54 Å². The van der Waals surface area contributed by atoms with Crippen molar-refractivity contribution in [2.45, 2.75) is 39.2 Å². The van der Waals surface area contributed by atoms with Crippen molar-refractivity contribution in [2.75, 3.05) is 13.2 Å². The van der Waals surface area contributed by atoms with Crippen LogP contribution in [0, 0.1) is 0 Å². The summed E-state index contributed by atoms with van der Waals surface area (Å²) in [5.74, 6) is -3.78. The summed E-state index contributed by atoms with van der Waals surface area (Å²) in [6, 6.07) is 1.60. The van der Waals surface area contributed by atoms with Gasteiger partial charge in [0.25, 0.3) is 11.8 Å². The highest BCUT2D eigenvalue weighted by Crippen LogP contribution is 2.15. The Hall–Kier alpha value is -1.50. The summed E-state index contributed by atoms with van der Waals surface area (Å²) in [6.45, 7) is 3.97. The standard InChI is InChI=1S/C12H19F2N3O2/c1-4-17-10(5-9(16-17)8(2)3)11(19)15-6-12(13,14)7-18/h5,8,18H,4,6-7H2,1-3H3,(H,15,19). The molecule has 1 rings (SSSR count). The maximum Gasteiger partial charge on any atom is 0.287 e. The first-order valence-corrected chi connectivity index (χ1v) is 6.15. The van der Waals surface area contributed by atoms with Crippen LogP contribution in [0.3, 0.4) is 0 Å². The monoisotopic (exact) mass is 275 g/mol. The van der Waals surface area contributed by atoms with E-state index in [1.165, 1.54) is 4.68 Å². The molecule has 1 aromatic rings. The third kappa shape index (κ3) is 3.99. The summed E-state index contributed by atoms with van der Waals surface area (Å²) in [5, 5.41) is 14.8. The molecular weight excluding hydrogens is 256 g/mol. The summed E-state index contributed by atoms with van der Waals surface area (Å²) in [4.78, 5) is 11.8. The molecule has 0 fully saturated rings. The number of hydrogen-bond donors (Lipinski definition) is 2. The zero-order valence-corrected chi connectivity index (χ0v) is 11.3. The molecule has 2 N–H and O–H groups in total. The number of carbonyl (C=O) groups is 1. The van der Waals surface area contributed by atoms with Gasteiger partial charge < -0.3 is 10.4 Å². The van der Waals surface area contributed by atoms with E-state index in [-0.39, 0.29) is 11.6 Å². The number of aliphatic hydroxyl groups is 1. The number of rotatable bonds is 6. The largest absolute Gasteiger partial charge is 0.390 e. The van der Waals surface area contributed by atoms with Crippen molar-refractivity contribution in [2.24, 2.45) is 0 Å². The van der Waals surface area contributed by atoms with Crippen LogP contribution in [0.5, 0.6) is 0 Å². The highest BCUT2D eigenvalue weighted by molar-refractivity contribution is 5.92. The van der Waals surface area contributed by atoms with Crippen LogP contribution in [0.1, 0.15) is 42.9 Å². The van der Waals surface area contributed by atoms with Gasteiger partial charge in [-0.15, -0.1) is 0 Å². The maximum absolute atomic E-state index is 12.9. The molecule has 1 aromatic heterocycles. The predicted molar refractivity (Wildman–Crippen MR) is 66.4 cm³/mol. The Labute approximate surface area is 110 Å². The Morgan fingerprint density at radius 1 is 1.58 bits per heavy atom. The number of nitrogens with one attached hydrogen (secondary N) is 1. The highest BCUT2D eigenvalue weighted by Gasteiger charge is 2.29. The van der Waals surface area contributed by atoms with E-state index in [2.05, 4.69) is 10.4 Å². The molecule has 1 amide bonds. The van der Waals surface area contributed by atoms with Crippen LogP contribution in [-0.4, -0.2) is 39.9 Å². The van der Waals surface area contributed by atoms with E-state index in [9.17, 15) is 13.6 Å². The highest BCUT2D eigenvalue weighted by atomic mass is 19.3. The fraction of sp³-hybridized carbons (Fsp3) is 0.667. The Bertz CT molecular complexity index is 444. The van der Waals surface area contributed by atoms with Gasteiger partial charge in [-0.2, -0.15) is 5.10 Å². The van der Waals surface area contributed by atoms with Crippen LogP contribution >= 0.6 is 0 Å². The number of hydrogen-bond acceptors (Lipinski definition) is 3. The summed E-state index contributed by atoms with van der Waals surface area (Å²) in [7, 11) is 0. The second kappa shape index (κ2) is 6.10. The van der Waals surface area contributed by atoms with Crippen LogP contribution in [0.2, 0.25) is 0 Å². The summed E-state index contributed by atoms with van der Waals surface area (Å²) < 4.78 is 27.2. The third-order valence-electron chi connectivity index (χ3n) is 2.66. The molecule has 0 aliphatic carbocycles. The van der Waals surface area contributed by atoms with Crippen molar-refractivity contribution in [3.05, 3.63) is 17.5 Å². The quantitative estimate of drug-likeness (QED) is 0.824. The molecule has 108 valence electrons. The smallest absolute Gasteiger partial charge is 0.287 e. The topological polar surface area (TPSA) is 67.2 Å². The lowest BCUT2D eigenvalue weighted by Gasteiger charge is -2.14. The molecule has 0 atom stereocenters. The average Bonchev–Trinajstić information content (AvgIpc) is 2.80. The Morgan fingerprint density at radius 2 is 2.21 bits per heavy atom. The van der Waals surface area contributed by atoms with Gasteiger partial charge in [-0.1, -0.05) is 13.8 Å². The number of nitrogens with zero attached hydrogens (tertiary/aromatic N) is 2. The molecule has 0 radical (unpaired) electrons. The van der Waals surface area contributed by atoms with E-state index in [1.54, 1.807) is 6.07 Å². The molecule has 0 bridgehead atoms. The van der Waals surface area contributed by atoms with Crippen molar-refractivity contribution >= 4 is 5.91 Å². The van der Waals surface area contributed by atoms with Crippen molar-refractivity contribution in [3.8, 4) is 0 Å². The molecule has 0 aliphatic heterocycles. The molecule has 5 nitrogen and oxygen atoms in total. The van der Waals surface area contributed by atoms with Gasteiger partial charge in [0.15, 0.2) is 0 Å². The zero-order valence-electron chi connectivity index (χ0n) is 11.3. The molecule has 0 aromatic carbocycles. The molecule has 0 spiro atoms. The van der Waals surface area contributed by atoms with Crippen molar-refractivity contribution < 1.29 is 18.7 Å². The van der Waals surface area contributed by atoms with Gasteiger partial charge in [0.05, 0.1) is 12.2 Å². The van der Waals surface area contributed by atoms with Crippen molar-refractivity contribution in [3.63, 3.8) is 0 Å². The van der Waals surface area contributed by atoms with Gasteiger partial charge in [0.1, 0.15) is 12.3 Å². The molecule has 0 unspecified atom stereocenters. The van der Waals surface area contributed by atoms with Gasteiger partial charge in [0.2, 0.25) is 0 Å². The number of aryl methyl sites for hydroxylation is 1. The number of aliphatic hydroxyl groups excluding tert-OH is 1. The first-order chi connectivity index (χ1) is 8.80. The number of alkyl halides is 2. The van der Waals surface area contributed by atoms with Gasteiger partial charge >= 0.3 is 0 Å². The minimum Gasteiger partial charge on any atom is -0.390 e. The Morgan fingerprint density at radius 3 is 2.68 bits per heavy atom.